The predicted octanol–water partition coefficient (Wildman–Crippen LogP) is 4.28. The number of carbonyl (C=O) groups is 2. The topological polar surface area (TPSA) is 132 Å². The maximum Gasteiger partial charge on any atom is 0.433 e. The molecule has 0 bridgehead atoms. The summed E-state index contributed by atoms with van der Waals surface area (Å²) < 4.78 is 50.9. The molecule has 9 nitrogen and oxygen atoms in total. The third kappa shape index (κ3) is 5.95. The first-order valence-electron chi connectivity index (χ1n) is 12.3. The van der Waals surface area contributed by atoms with E-state index in [9.17, 15) is 22.8 Å². The van der Waals surface area contributed by atoms with Crippen LogP contribution in [0.15, 0.2) is 52.1 Å². The Morgan fingerprint density at radius 2 is 1.97 bits per heavy atom. The third-order valence-electron chi connectivity index (χ3n) is 6.27. The molecule has 2 aromatic heterocycles. The van der Waals surface area contributed by atoms with Gasteiger partial charge in [0, 0.05) is 23.1 Å². The van der Waals surface area contributed by atoms with E-state index >= 15 is 0 Å². The van der Waals surface area contributed by atoms with Gasteiger partial charge in [0.1, 0.15) is 28.8 Å². The summed E-state index contributed by atoms with van der Waals surface area (Å²) >= 11 is 0. The average molecular weight is 544 g/mol. The van der Waals surface area contributed by atoms with Crippen LogP contribution in [0.3, 0.4) is 0 Å². The number of rotatable bonds is 8. The van der Waals surface area contributed by atoms with Crippen LogP contribution in [0, 0.1) is 0 Å². The summed E-state index contributed by atoms with van der Waals surface area (Å²) in [5.41, 5.74) is 6.55. The second kappa shape index (κ2) is 11.3. The molecule has 0 saturated carbocycles. The van der Waals surface area contributed by atoms with Gasteiger partial charge in [-0.05, 0) is 69.1 Å². The Morgan fingerprint density at radius 3 is 2.64 bits per heavy atom. The molecule has 12 heteroatoms. The number of amides is 2. The summed E-state index contributed by atoms with van der Waals surface area (Å²) in [6, 6.07) is 4.20. The third-order valence-corrected chi connectivity index (χ3v) is 6.27. The van der Waals surface area contributed by atoms with Crippen LogP contribution in [-0.4, -0.2) is 41.5 Å². The van der Waals surface area contributed by atoms with E-state index in [1.54, 1.807) is 13.0 Å². The van der Waals surface area contributed by atoms with E-state index in [1.807, 2.05) is 19.1 Å². The van der Waals surface area contributed by atoms with Gasteiger partial charge in [0.2, 0.25) is 11.8 Å². The Balaban J connectivity index is 1.65. The lowest BCUT2D eigenvalue weighted by Gasteiger charge is -2.17. The lowest BCUT2D eigenvalue weighted by Crippen LogP contribution is -2.45. The summed E-state index contributed by atoms with van der Waals surface area (Å²) in [4.78, 5) is 33.9. The zero-order valence-corrected chi connectivity index (χ0v) is 21.6. The Labute approximate surface area is 222 Å². The smallest absolute Gasteiger partial charge is 0.433 e. The molecule has 39 heavy (non-hydrogen) atoms. The first-order valence-corrected chi connectivity index (χ1v) is 12.3. The first-order chi connectivity index (χ1) is 18.5. The van der Waals surface area contributed by atoms with E-state index in [4.69, 9.17) is 14.9 Å². The molecule has 1 aromatic carbocycles. The van der Waals surface area contributed by atoms with Crippen molar-refractivity contribution in [3.8, 4) is 17.2 Å². The van der Waals surface area contributed by atoms with Crippen molar-refractivity contribution >= 4 is 22.7 Å². The van der Waals surface area contributed by atoms with Gasteiger partial charge < -0.3 is 25.5 Å². The van der Waals surface area contributed by atoms with Crippen molar-refractivity contribution in [2.45, 2.75) is 45.3 Å². The lowest BCUT2D eigenvalue weighted by atomic mass is 10.0. The monoisotopic (exact) mass is 543 g/mol. The number of nitrogens with two attached hydrogens (primary N) is 1. The van der Waals surface area contributed by atoms with Gasteiger partial charge in [-0.1, -0.05) is 6.08 Å². The summed E-state index contributed by atoms with van der Waals surface area (Å²) in [6.45, 7) is 3.62. The Kier molecular flexibility index (Phi) is 8.05. The molecule has 1 aliphatic carbocycles. The molecule has 0 fully saturated rings. The number of oxazole rings is 1. The predicted molar refractivity (Wildman–Crippen MR) is 138 cm³/mol. The van der Waals surface area contributed by atoms with Gasteiger partial charge in [-0.2, -0.15) is 13.2 Å². The molecule has 2 heterocycles. The van der Waals surface area contributed by atoms with Crippen molar-refractivity contribution in [1.82, 2.24) is 20.6 Å². The number of allylic oxidation sites excluding steroid dienone is 3. The summed E-state index contributed by atoms with van der Waals surface area (Å²) in [5, 5.41) is 5.73. The zero-order chi connectivity index (χ0) is 28.3. The van der Waals surface area contributed by atoms with E-state index in [0.717, 1.165) is 24.5 Å². The minimum atomic E-state index is -4.65. The second-order valence-corrected chi connectivity index (χ2v) is 9.05. The highest BCUT2D eigenvalue weighted by atomic mass is 19.4. The van der Waals surface area contributed by atoms with E-state index in [1.165, 1.54) is 19.2 Å². The van der Waals surface area contributed by atoms with Gasteiger partial charge in [-0.3, -0.25) is 9.59 Å². The number of nitrogens with one attached hydrogen (secondary N) is 2. The largest absolute Gasteiger partial charge is 0.494 e. The van der Waals surface area contributed by atoms with Crippen LogP contribution in [0.4, 0.5) is 13.2 Å². The number of carbonyl (C=O) groups excluding carboxylic acids is 2. The Hall–Kier alpha value is -4.19. The molecular formula is C27H28F3N5O4. The maximum absolute atomic E-state index is 13.3. The molecule has 0 unspecified atom stereocenters. The number of hydrogen-bond acceptors (Lipinski definition) is 7. The second-order valence-electron chi connectivity index (χ2n) is 9.05. The molecule has 2 amide bonds. The number of fused-ring (bicyclic) bond motifs is 1. The first kappa shape index (κ1) is 27.8. The van der Waals surface area contributed by atoms with Gasteiger partial charge in [-0.25, -0.2) is 9.97 Å². The highest BCUT2D eigenvalue weighted by Gasteiger charge is 2.33. The number of aromatic nitrogens is 2. The van der Waals surface area contributed by atoms with E-state index in [0.29, 0.717) is 11.3 Å². The number of nitrogens with zero attached hydrogens (tertiary/aromatic N) is 2. The highest BCUT2D eigenvalue weighted by molar-refractivity contribution is 5.99. The van der Waals surface area contributed by atoms with Crippen molar-refractivity contribution in [1.29, 1.82) is 0 Å². The van der Waals surface area contributed by atoms with E-state index in [2.05, 4.69) is 20.6 Å². The molecular weight excluding hydrogens is 515 g/mol. The number of methoxy groups -OCH3 is 1. The summed E-state index contributed by atoms with van der Waals surface area (Å²) in [6.07, 6.45) is 1.05. The standard InChI is InChI=1S/C27H28F3N5O4/c1-14-6-4-5-7-18(14)33-24(36)15(2)32-25(37)23-20(12-13-31)39-26(35-23)17-8-10-19(38-3)22-16(17)9-11-21(34-22)27(28,29)30/h5,7-11,15H,4,6,12-13,31H2,1-3H3,(H,32,37)(H,33,36)/t15-/m1/s1. The van der Waals surface area contributed by atoms with E-state index in [-0.39, 0.29) is 47.0 Å². The number of hydrogen-bond donors (Lipinski definition) is 3. The fraction of sp³-hybridized carbons (Fsp3) is 0.333. The molecule has 1 atom stereocenters. The van der Waals surface area contributed by atoms with Crippen molar-refractivity contribution in [3.63, 3.8) is 0 Å². The minimum absolute atomic E-state index is 0.0111. The van der Waals surface area contributed by atoms with Crippen molar-refractivity contribution in [2.24, 2.45) is 5.73 Å². The lowest BCUT2D eigenvalue weighted by molar-refractivity contribution is -0.141. The molecule has 0 aliphatic heterocycles. The molecule has 0 spiro atoms. The van der Waals surface area contributed by atoms with Crippen molar-refractivity contribution in [3.05, 3.63) is 64.8 Å². The zero-order valence-electron chi connectivity index (χ0n) is 21.6. The number of benzene rings is 1. The molecule has 4 N–H and O–H groups in total. The maximum atomic E-state index is 13.3. The van der Waals surface area contributed by atoms with Crippen LogP contribution in [0.25, 0.3) is 22.4 Å². The minimum Gasteiger partial charge on any atom is -0.494 e. The SMILES string of the molecule is COc1ccc(-c2nc(C(=O)N[C@H](C)C(=O)NC3=C(C)CCC=C3)c(CCN)o2)c2ccc(C(F)(F)F)nc12. The van der Waals surface area contributed by atoms with Crippen LogP contribution < -0.4 is 21.1 Å². The average Bonchev–Trinajstić information content (AvgIpc) is 3.32. The number of halogens is 3. The molecule has 206 valence electrons. The van der Waals surface area contributed by atoms with Crippen LogP contribution in [0.1, 0.15) is 48.6 Å². The molecule has 1 aliphatic rings. The number of pyridine rings is 1. The van der Waals surface area contributed by atoms with Gasteiger partial charge in [0.25, 0.3) is 5.91 Å². The fourth-order valence-corrected chi connectivity index (χ4v) is 4.14. The summed E-state index contributed by atoms with van der Waals surface area (Å²) in [5.74, 6) is -0.764. The Morgan fingerprint density at radius 1 is 1.21 bits per heavy atom. The number of ether oxygens (including phenoxy) is 1. The highest BCUT2D eigenvalue weighted by Crippen LogP contribution is 2.37. The van der Waals surface area contributed by atoms with Crippen LogP contribution in [0.5, 0.6) is 5.75 Å². The quantitative estimate of drug-likeness (QED) is 0.386. The summed E-state index contributed by atoms with van der Waals surface area (Å²) in [7, 11) is 1.32. The molecule has 3 aromatic rings. The van der Waals surface area contributed by atoms with Gasteiger partial charge in [0.05, 0.1) is 7.11 Å². The normalized spacial score (nSPS) is 14.4. The van der Waals surface area contributed by atoms with Crippen molar-refractivity contribution < 1.29 is 31.9 Å². The molecule has 0 radical (unpaired) electrons. The molecule has 0 saturated heterocycles. The van der Waals surface area contributed by atoms with Crippen LogP contribution in [0.2, 0.25) is 0 Å². The van der Waals surface area contributed by atoms with Crippen molar-refractivity contribution in [2.75, 3.05) is 13.7 Å². The van der Waals surface area contributed by atoms with Crippen LogP contribution >= 0.6 is 0 Å². The number of alkyl halides is 3. The fourth-order valence-electron chi connectivity index (χ4n) is 4.14. The van der Waals surface area contributed by atoms with Gasteiger partial charge >= 0.3 is 6.18 Å². The van der Waals surface area contributed by atoms with Crippen LogP contribution in [-0.2, 0) is 17.4 Å². The van der Waals surface area contributed by atoms with Gasteiger partial charge in [-0.15, -0.1) is 0 Å². The van der Waals surface area contributed by atoms with Gasteiger partial charge in [0.15, 0.2) is 5.69 Å². The Bertz CT molecular complexity index is 1480. The van der Waals surface area contributed by atoms with E-state index < -0.39 is 29.7 Å². The molecule has 4 rings (SSSR count).